The number of alkyl halides is 4. The van der Waals surface area contributed by atoms with E-state index in [2.05, 4.69) is 9.72 Å². The van der Waals surface area contributed by atoms with Gasteiger partial charge in [-0.3, -0.25) is 9.78 Å². The smallest absolute Gasteiger partial charge is 0.461 e. The molecule has 0 aliphatic carbocycles. The number of carboxylic acid groups (broad SMARTS) is 1. The van der Waals surface area contributed by atoms with E-state index in [-0.39, 0.29) is 17.5 Å². The molecule has 0 saturated heterocycles. The molecule has 0 aliphatic heterocycles. The zero-order valence-corrected chi connectivity index (χ0v) is 16.9. The van der Waals surface area contributed by atoms with Gasteiger partial charge in [-0.1, -0.05) is 24.3 Å². The molecule has 0 amide bonds. The summed E-state index contributed by atoms with van der Waals surface area (Å²) in [7, 11) is 0. The molecule has 3 aromatic rings. The summed E-state index contributed by atoms with van der Waals surface area (Å²) >= 11 is 0. The number of halogens is 4. The maximum Gasteiger partial charge on any atom is 0.461 e. The molecule has 174 valence electrons. The van der Waals surface area contributed by atoms with Crippen molar-refractivity contribution in [1.29, 1.82) is 0 Å². The van der Waals surface area contributed by atoms with Crippen molar-refractivity contribution in [2.45, 2.75) is 25.1 Å². The van der Waals surface area contributed by atoms with Gasteiger partial charge in [0.1, 0.15) is 17.2 Å². The molecule has 0 radical (unpaired) electrons. The molecule has 2 unspecified atom stereocenters. The van der Waals surface area contributed by atoms with E-state index in [0.29, 0.717) is 11.5 Å². The first-order valence-corrected chi connectivity index (χ1v) is 9.68. The van der Waals surface area contributed by atoms with Gasteiger partial charge >= 0.3 is 18.5 Å². The third-order valence-corrected chi connectivity index (χ3v) is 4.65. The molecule has 2 aromatic carbocycles. The van der Waals surface area contributed by atoms with Gasteiger partial charge in [-0.2, -0.15) is 17.6 Å². The summed E-state index contributed by atoms with van der Waals surface area (Å²) in [6.07, 6.45) is -7.32. The van der Waals surface area contributed by atoms with Crippen molar-refractivity contribution in [2.75, 3.05) is 0 Å². The number of carboxylic acids is 1. The lowest BCUT2D eigenvalue weighted by molar-refractivity contribution is -0.253. The van der Waals surface area contributed by atoms with Gasteiger partial charge < -0.3 is 19.7 Å². The number of rotatable bonds is 10. The number of hydrogen-bond acceptors (Lipinski definition) is 5. The Morgan fingerprint density at radius 3 is 2.30 bits per heavy atom. The summed E-state index contributed by atoms with van der Waals surface area (Å²) in [4.78, 5) is 15.7. The quantitative estimate of drug-likeness (QED) is 0.406. The number of ether oxygens (including phenoxy) is 2. The fourth-order valence-corrected chi connectivity index (χ4v) is 3.03. The van der Waals surface area contributed by atoms with E-state index in [9.17, 15) is 32.6 Å². The van der Waals surface area contributed by atoms with Gasteiger partial charge in [0.2, 0.25) is 0 Å². The van der Waals surface area contributed by atoms with Gasteiger partial charge in [0.25, 0.3) is 0 Å². The Kier molecular flexibility index (Phi) is 7.49. The highest BCUT2D eigenvalue weighted by Gasteiger charge is 2.44. The van der Waals surface area contributed by atoms with Gasteiger partial charge in [-0.25, -0.2) is 0 Å². The molecule has 2 N–H and O–H groups in total. The Balaban J connectivity index is 1.72. The number of aliphatic hydroxyl groups is 1. The van der Waals surface area contributed by atoms with Gasteiger partial charge in [0.05, 0.1) is 18.2 Å². The van der Waals surface area contributed by atoms with Gasteiger partial charge in [-0.05, 0) is 53.9 Å². The summed E-state index contributed by atoms with van der Waals surface area (Å²) in [5.41, 5.74) is 0.498. The number of aliphatic carboxylic acids is 1. The van der Waals surface area contributed by atoms with Crippen LogP contribution < -0.4 is 9.47 Å². The van der Waals surface area contributed by atoms with Crippen molar-refractivity contribution in [1.82, 2.24) is 4.98 Å². The summed E-state index contributed by atoms with van der Waals surface area (Å²) in [5, 5.41) is 20.2. The standard InChI is InChI=1S/C23H19F4NO5/c24-22(25)23(26,27)33-17-4-1-3-14(11-17)12-19(21(30)31)20(29)15-6-8-16(9-7-15)32-18-5-2-10-28-13-18/h1-11,13,19-20,22,29H,12H2,(H,30,31). The van der Waals surface area contributed by atoms with E-state index in [0.717, 1.165) is 12.1 Å². The molecule has 3 rings (SSSR count). The van der Waals surface area contributed by atoms with E-state index >= 15 is 0 Å². The van der Waals surface area contributed by atoms with E-state index in [1.807, 2.05) is 0 Å². The third-order valence-electron chi connectivity index (χ3n) is 4.65. The molecule has 0 bridgehead atoms. The van der Waals surface area contributed by atoms with Crippen molar-refractivity contribution in [3.05, 3.63) is 84.2 Å². The Labute approximate surface area is 186 Å². The van der Waals surface area contributed by atoms with Crippen molar-refractivity contribution >= 4 is 5.97 Å². The number of hydrogen-bond donors (Lipinski definition) is 2. The number of pyridine rings is 1. The highest BCUT2D eigenvalue weighted by Crippen LogP contribution is 2.31. The van der Waals surface area contributed by atoms with Crippen LogP contribution >= 0.6 is 0 Å². The minimum absolute atomic E-state index is 0.209. The molecule has 1 heterocycles. The van der Waals surface area contributed by atoms with E-state index in [4.69, 9.17) is 4.74 Å². The Morgan fingerprint density at radius 1 is 1.00 bits per heavy atom. The molecular formula is C23H19F4NO5. The minimum atomic E-state index is -4.69. The Morgan fingerprint density at radius 2 is 1.70 bits per heavy atom. The van der Waals surface area contributed by atoms with Crippen LogP contribution in [-0.2, 0) is 11.2 Å². The average Bonchev–Trinajstić information content (AvgIpc) is 2.78. The second-order valence-electron chi connectivity index (χ2n) is 7.07. The average molecular weight is 465 g/mol. The predicted molar refractivity (Wildman–Crippen MR) is 109 cm³/mol. The van der Waals surface area contributed by atoms with Crippen LogP contribution in [0, 0.1) is 5.92 Å². The highest BCUT2D eigenvalue weighted by atomic mass is 19.3. The lowest BCUT2D eigenvalue weighted by Gasteiger charge is -2.21. The second-order valence-corrected chi connectivity index (χ2v) is 7.07. The summed E-state index contributed by atoms with van der Waals surface area (Å²) in [5.74, 6) is -2.29. The first-order chi connectivity index (χ1) is 15.7. The van der Waals surface area contributed by atoms with Crippen LogP contribution in [0.3, 0.4) is 0 Å². The van der Waals surface area contributed by atoms with Crippen molar-refractivity contribution in [3.8, 4) is 17.2 Å². The fraction of sp³-hybridized carbons (Fsp3) is 0.217. The number of aliphatic hydroxyl groups excluding tert-OH is 1. The Bertz CT molecular complexity index is 1060. The van der Waals surface area contributed by atoms with Crippen LogP contribution in [0.15, 0.2) is 73.1 Å². The van der Waals surface area contributed by atoms with Crippen LogP contribution in [0.5, 0.6) is 17.2 Å². The summed E-state index contributed by atoms with van der Waals surface area (Å²) in [6, 6.07) is 14.2. The fourth-order valence-electron chi connectivity index (χ4n) is 3.03. The number of carbonyl (C=O) groups is 1. The summed E-state index contributed by atoms with van der Waals surface area (Å²) < 4.78 is 60.7. The molecule has 10 heteroatoms. The lowest BCUT2D eigenvalue weighted by Crippen LogP contribution is -2.33. The van der Waals surface area contributed by atoms with Crippen molar-refractivity contribution in [3.63, 3.8) is 0 Å². The molecule has 0 fully saturated rings. The molecule has 1 aromatic heterocycles. The van der Waals surface area contributed by atoms with Crippen LogP contribution in [0.25, 0.3) is 0 Å². The van der Waals surface area contributed by atoms with Crippen LogP contribution in [0.2, 0.25) is 0 Å². The predicted octanol–water partition coefficient (Wildman–Crippen LogP) is 5.09. The Hall–Kier alpha value is -3.66. The topological polar surface area (TPSA) is 88.9 Å². The first-order valence-electron chi connectivity index (χ1n) is 9.68. The molecule has 0 aliphatic rings. The van der Waals surface area contributed by atoms with Crippen molar-refractivity contribution < 1.29 is 42.0 Å². The third kappa shape index (κ3) is 6.42. The molecule has 33 heavy (non-hydrogen) atoms. The van der Waals surface area contributed by atoms with Crippen molar-refractivity contribution in [2.24, 2.45) is 5.92 Å². The van der Waals surface area contributed by atoms with Gasteiger partial charge in [-0.15, -0.1) is 0 Å². The maximum absolute atomic E-state index is 13.2. The first kappa shape index (κ1) is 24.0. The zero-order chi connectivity index (χ0) is 24.0. The zero-order valence-electron chi connectivity index (χ0n) is 16.9. The molecule has 2 atom stereocenters. The molecule has 6 nitrogen and oxygen atoms in total. The van der Waals surface area contributed by atoms with Crippen LogP contribution in [0.1, 0.15) is 17.2 Å². The lowest BCUT2D eigenvalue weighted by atomic mass is 9.90. The number of nitrogens with zero attached hydrogens (tertiary/aromatic N) is 1. The van der Waals surface area contributed by atoms with E-state index in [1.54, 1.807) is 30.5 Å². The highest BCUT2D eigenvalue weighted by molar-refractivity contribution is 5.71. The monoisotopic (exact) mass is 465 g/mol. The minimum Gasteiger partial charge on any atom is -0.481 e. The van der Waals surface area contributed by atoms with Gasteiger partial charge in [0.15, 0.2) is 0 Å². The SMILES string of the molecule is O=C(O)C(Cc1cccc(OC(F)(F)C(F)F)c1)C(O)c1ccc(Oc2cccnc2)cc1. The summed E-state index contributed by atoms with van der Waals surface area (Å²) in [6.45, 7) is 0. The van der Waals surface area contributed by atoms with E-state index < -0.39 is 36.3 Å². The van der Waals surface area contributed by atoms with E-state index in [1.165, 1.54) is 30.5 Å². The van der Waals surface area contributed by atoms with Gasteiger partial charge in [0, 0.05) is 6.20 Å². The van der Waals surface area contributed by atoms with Crippen LogP contribution in [-0.4, -0.2) is 33.7 Å². The molecule has 0 saturated carbocycles. The maximum atomic E-state index is 13.2. The normalized spacial score (nSPS) is 13.4. The largest absolute Gasteiger partial charge is 0.481 e. The number of benzene rings is 2. The molecule has 0 spiro atoms. The second kappa shape index (κ2) is 10.3. The number of aromatic nitrogens is 1. The molecular weight excluding hydrogens is 446 g/mol. The van der Waals surface area contributed by atoms with Crippen LogP contribution in [0.4, 0.5) is 17.6 Å².